The molecule has 3 heterocycles. The maximum absolute atomic E-state index is 12.3. The van der Waals surface area contributed by atoms with E-state index >= 15 is 0 Å². The highest BCUT2D eigenvalue weighted by Gasteiger charge is 2.27. The number of imidazole rings is 1. The zero-order valence-electron chi connectivity index (χ0n) is 15.0. The molecule has 2 N–H and O–H groups in total. The Morgan fingerprint density at radius 2 is 2.04 bits per heavy atom. The molecule has 1 aliphatic carbocycles. The second-order valence-electron chi connectivity index (χ2n) is 6.72. The predicted octanol–water partition coefficient (Wildman–Crippen LogP) is 2.04. The Kier molecular flexibility index (Phi) is 4.78. The van der Waals surface area contributed by atoms with Crippen molar-refractivity contribution in [1.29, 1.82) is 0 Å². The highest BCUT2D eigenvalue weighted by molar-refractivity contribution is 5.92. The van der Waals surface area contributed by atoms with Crippen molar-refractivity contribution >= 4 is 11.9 Å². The number of hydrogen-bond acceptors (Lipinski definition) is 6. The zero-order chi connectivity index (χ0) is 18.6. The lowest BCUT2D eigenvalue weighted by Crippen LogP contribution is -2.34. The molecule has 138 valence electrons. The van der Waals surface area contributed by atoms with Crippen molar-refractivity contribution in [2.75, 3.05) is 5.32 Å². The Labute approximate surface area is 157 Å². The fourth-order valence-corrected chi connectivity index (χ4v) is 3.36. The molecule has 1 fully saturated rings. The Balaban J connectivity index is 1.36. The Morgan fingerprint density at radius 1 is 1.15 bits per heavy atom. The van der Waals surface area contributed by atoms with E-state index in [4.69, 9.17) is 0 Å². The van der Waals surface area contributed by atoms with Crippen LogP contribution in [0.4, 0.5) is 5.95 Å². The van der Waals surface area contributed by atoms with Crippen LogP contribution in [-0.2, 0) is 7.05 Å². The highest BCUT2D eigenvalue weighted by Crippen LogP contribution is 2.23. The van der Waals surface area contributed by atoms with Gasteiger partial charge in [-0.2, -0.15) is 0 Å². The molecule has 1 saturated carbocycles. The first-order valence-electron chi connectivity index (χ1n) is 8.96. The van der Waals surface area contributed by atoms with Gasteiger partial charge in [-0.25, -0.2) is 15.0 Å². The largest absolute Gasteiger partial charge is 0.351 e. The second kappa shape index (κ2) is 7.53. The third kappa shape index (κ3) is 3.94. The lowest BCUT2D eigenvalue weighted by atomic mass is 10.2. The van der Waals surface area contributed by atoms with Crippen LogP contribution in [0.1, 0.15) is 29.8 Å². The van der Waals surface area contributed by atoms with Crippen molar-refractivity contribution in [3.63, 3.8) is 0 Å². The predicted molar refractivity (Wildman–Crippen MR) is 101 cm³/mol. The molecule has 0 aromatic carbocycles. The summed E-state index contributed by atoms with van der Waals surface area (Å²) < 4.78 is 1.72. The maximum Gasteiger partial charge on any atom is 0.269 e. The van der Waals surface area contributed by atoms with Crippen molar-refractivity contribution in [2.45, 2.75) is 31.3 Å². The van der Waals surface area contributed by atoms with E-state index in [9.17, 15) is 4.79 Å². The summed E-state index contributed by atoms with van der Waals surface area (Å²) in [6.07, 6.45) is 11.2. The molecule has 2 atom stereocenters. The molecule has 0 saturated heterocycles. The number of nitrogens with one attached hydrogen (secondary N) is 2. The van der Waals surface area contributed by atoms with Gasteiger partial charge in [-0.1, -0.05) is 0 Å². The number of rotatable bonds is 5. The number of carbonyl (C=O) groups excluding carboxylic acids is 1. The van der Waals surface area contributed by atoms with E-state index in [-0.39, 0.29) is 18.0 Å². The van der Waals surface area contributed by atoms with Crippen molar-refractivity contribution in [3.8, 4) is 11.3 Å². The van der Waals surface area contributed by atoms with Gasteiger partial charge < -0.3 is 15.2 Å². The number of hydrogen-bond donors (Lipinski definition) is 2. The molecular weight excluding hydrogens is 342 g/mol. The summed E-state index contributed by atoms with van der Waals surface area (Å²) in [4.78, 5) is 29.4. The van der Waals surface area contributed by atoms with Gasteiger partial charge in [0.1, 0.15) is 5.69 Å². The monoisotopic (exact) mass is 363 g/mol. The fraction of sp³-hybridized carbons (Fsp3) is 0.316. The smallest absolute Gasteiger partial charge is 0.269 e. The van der Waals surface area contributed by atoms with Crippen LogP contribution in [-0.4, -0.2) is 42.5 Å². The molecule has 1 aliphatic rings. The van der Waals surface area contributed by atoms with Gasteiger partial charge >= 0.3 is 0 Å². The first-order valence-corrected chi connectivity index (χ1v) is 8.96. The third-order valence-corrected chi connectivity index (χ3v) is 4.76. The van der Waals surface area contributed by atoms with Crippen LogP contribution in [0, 0.1) is 0 Å². The van der Waals surface area contributed by atoms with Crippen LogP contribution >= 0.6 is 0 Å². The van der Waals surface area contributed by atoms with Crippen molar-refractivity contribution in [1.82, 2.24) is 29.8 Å². The van der Waals surface area contributed by atoms with Gasteiger partial charge in [0.25, 0.3) is 5.91 Å². The van der Waals surface area contributed by atoms with E-state index in [1.165, 1.54) is 0 Å². The lowest BCUT2D eigenvalue weighted by Gasteiger charge is -2.15. The van der Waals surface area contributed by atoms with Gasteiger partial charge in [0.15, 0.2) is 0 Å². The summed E-state index contributed by atoms with van der Waals surface area (Å²) in [5.41, 5.74) is 2.36. The van der Waals surface area contributed by atoms with E-state index in [2.05, 4.69) is 30.6 Å². The quantitative estimate of drug-likeness (QED) is 0.720. The summed E-state index contributed by atoms with van der Waals surface area (Å²) in [5, 5.41) is 6.48. The number of aromatic nitrogens is 5. The SMILES string of the molecule is Cn1cncc1C(=O)N[C@H]1CC[C@H](Nc2nccc(-c3cccnc3)n2)C1. The second-order valence-corrected chi connectivity index (χ2v) is 6.72. The maximum atomic E-state index is 12.3. The first-order chi connectivity index (χ1) is 13.2. The van der Waals surface area contributed by atoms with Crippen LogP contribution in [0.2, 0.25) is 0 Å². The van der Waals surface area contributed by atoms with Crippen LogP contribution in [0.5, 0.6) is 0 Å². The summed E-state index contributed by atoms with van der Waals surface area (Å²) in [7, 11) is 1.81. The van der Waals surface area contributed by atoms with E-state index in [0.717, 1.165) is 30.5 Å². The van der Waals surface area contributed by atoms with Crippen LogP contribution in [0.15, 0.2) is 49.3 Å². The van der Waals surface area contributed by atoms with Gasteiger partial charge in [-0.05, 0) is 37.5 Å². The highest BCUT2D eigenvalue weighted by atomic mass is 16.2. The molecule has 0 aliphatic heterocycles. The van der Waals surface area contributed by atoms with Gasteiger partial charge in [0.2, 0.25) is 5.95 Å². The van der Waals surface area contributed by atoms with Crippen LogP contribution in [0.25, 0.3) is 11.3 Å². The molecular formula is C19H21N7O. The molecule has 3 aromatic heterocycles. The molecule has 8 nitrogen and oxygen atoms in total. The molecule has 0 unspecified atom stereocenters. The summed E-state index contributed by atoms with van der Waals surface area (Å²) in [6.45, 7) is 0. The number of aryl methyl sites for hydroxylation is 1. The summed E-state index contributed by atoms with van der Waals surface area (Å²) in [6, 6.07) is 6.08. The molecule has 4 rings (SSSR count). The van der Waals surface area contributed by atoms with E-state index < -0.39 is 0 Å². The van der Waals surface area contributed by atoms with E-state index in [1.54, 1.807) is 35.7 Å². The van der Waals surface area contributed by atoms with Crippen molar-refractivity contribution in [2.24, 2.45) is 7.05 Å². The number of amides is 1. The number of nitrogens with zero attached hydrogens (tertiary/aromatic N) is 5. The van der Waals surface area contributed by atoms with Crippen LogP contribution in [0.3, 0.4) is 0 Å². The standard InChI is InChI=1S/C19H21N7O/c1-26-12-21-11-17(26)18(27)23-14-4-5-15(9-14)24-19-22-8-6-16(25-19)13-3-2-7-20-10-13/h2-3,6-8,10-12,14-15H,4-5,9H2,1H3,(H,23,27)(H,22,24,25)/t14-,15-/m0/s1. The minimum absolute atomic E-state index is 0.0875. The van der Waals surface area contributed by atoms with Gasteiger partial charge in [-0.3, -0.25) is 9.78 Å². The van der Waals surface area contributed by atoms with Crippen molar-refractivity contribution < 1.29 is 4.79 Å². The number of anilines is 1. The zero-order valence-corrected chi connectivity index (χ0v) is 15.0. The number of pyridine rings is 1. The van der Waals surface area contributed by atoms with Gasteiger partial charge in [-0.15, -0.1) is 0 Å². The lowest BCUT2D eigenvalue weighted by molar-refractivity contribution is 0.0929. The first kappa shape index (κ1) is 17.1. The summed E-state index contributed by atoms with van der Waals surface area (Å²) >= 11 is 0. The molecule has 27 heavy (non-hydrogen) atoms. The average Bonchev–Trinajstić information content (AvgIpc) is 3.31. The third-order valence-electron chi connectivity index (χ3n) is 4.76. The van der Waals surface area contributed by atoms with E-state index in [0.29, 0.717) is 11.6 Å². The molecule has 3 aromatic rings. The molecule has 0 bridgehead atoms. The normalized spacial score (nSPS) is 19.0. The number of carbonyl (C=O) groups is 1. The Bertz CT molecular complexity index is 925. The van der Waals surface area contributed by atoms with Gasteiger partial charge in [0.05, 0.1) is 18.2 Å². The Hall–Kier alpha value is -3.29. The minimum atomic E-state index is -0.0875. The Morgan fingerprint density at radius 3 is 2.81 bits per heavy atom. The van der Waals surface area contributed by atoms with E-state index in [1.807, 2.05) is 25.2 Å². The fourth-order valence-electron chi connectivity index (χ4n) is 3.36. The summed E-state index contributed by atoms with van der Waals surface area (Å²) in [5.74, 6) is 0.510. The topological polar surface area (TPSA) is 97.6 Å². The molecule has 8 heteroatoms. The molecule has 0 spiro atoms. The minimum Gasteiger partial charge on any atom is -0.351 e. The molecule has 1 amide bonds. The average molecular weight is 363 g/mol. The van der Waals surface area contributed by atoms with Crippen LogP contribution < -0.4 is 10.6 Å². The van der Waals surface area contributed by atoms with Gasteiger partial charge in [0, 0.05) is 43.3 Å². The van der Waals surface area contributed by atoms with Crippen molar-refractivity contribution in [3.05, 3.63) is 55.0 Å². The molecule has 0 radical (unpaired) electrons.